The number of carbonyl (C=O) groups is 3. The largest absolute Gasteiger partial charge is 0.481 e. The quantitative estimate of drug-likeness (QED) is 0.721. The molecule has 2 N–H and O–H groups in total. The van der Waals surface area contributed by atoms with Gasteiger partial charge in [-0.25, -0.2) is 4.79 Å². The number of ether oxygens (including phenoxy) is 1. The van der Waals surface area contributed by atoms with Gasteiger partial charge < -0.3 is 20.1 Å². The van der Waals surface area contributed by atoms with E-state index in [1.54, 1.807) is 11.8 Å². The summed E-state index contributed by atoms with van der Waals surface area (Å²) in [6, 6.07) is 15.9. The highest BCUT2D eigenvalue weighted by Crippen LogP contribution is 2.44. The van der Waals surface area contributed by atoms with Gasteiger partial charge in [0, 0.05) is 31.5 Å². The molecule has 0 radical (unpaired) electrons. The average molecular weight is 437 g/mol. The van der Waals surface area contributed by atoms with Crippen LogP contribution in [0, 0.1) is 5.92 Å². The van der Waals surface area contributed by atoms with Crippen LogP contribution in [0.1, 0.15) is 43.2 Å². The van der Waals surface area contributed by atoms with Gasteiger partial charge in [-0.1, -0.05) is 48.5 Å². The average Bonchev–Trinajstić information content (AvgIpc) is 3.11. The summed E-state index contributed by atoms with van der Waals surface area (Å²) in [5.41, 5.74) is 4.63. The molecule has 4 rings (SSSR count). The summed E-state index contributed by atoms with van der Waals surface area (Å²) in [4.78, 5) is 37.6. The predicted octanol–water partition coefficient (Wildman–Crippen LogP) is 3.63. The molecule has 7 heteroatoms. The lowest BCUT2D eigenvalue weighted by atomic mass is 9.97. The van der Waals surface area contributed by atoms with E-state index >= 15 is 0 Å². The van der Waals surface area contributed by atoms with Crippen LogP contribution in [0.15, 0.2) is 48.5 Å². The number of carbonyl (C=O) groups excluding carboxylic acids is 2. The highest BCUT2D eigenvalue weighted by molar-refractivity contribution is 5.80. The molecule has 1 aliphatic carbocycles. The molecule has 0 bridgehead atoms. The maximum atomic E-state index is 12.5. The number of aliphatic carboxylic acids is 1. The Balaban J connectivity index is 1.27. The zero-order valence-corrected chi connectivity index (χ0v) is 18.1. The zero-order chi connectivity index (χ0) is 22.7. The zero-order valence-electron chi connectivity index (χ0n) is 18.1. The third-order valence-corrected chi connectivity index (χ3v) is 6.39. The van der Waals surface area contributed by atoms with E-state index in [-0.39, 0.29) is 36.8 Å². The molecule has 2 aromatic rings. The molecule has 2 aromatic carbocycles. The van der Waals surface area contributed by atoms with Crippen LogP contribution in [0.2, 0.25) is 0 Å². The number of likely N-dealkylation sites (tertiary alicyclic amines) is 1. The Morgan fingerprint density at radius 2 is 1.59 bits per heavy atom. The molecular formula is C25H28N2O5. The standard InChI is InChI=1S/C25H28N2O5/c1-16(14-23(28)27-12-10-17(11-13-27)24(29)30)26-25(31)32-15-22-20-8-4-2-6-18(20)19-7-3-5-9-21(19)22/h2-9,16-17,22H,10-15H2,1H3,(H,26,31)(H,29,30)/t16-/m1/s1. The number of carboxylic acid groups (broad SMARTS) is 1. The van der Waals surface area contributed by atoms with E-state index in [2.05, 4.69) is 29.6 Å². The van der Waals surface area contributed by atoms with E-state index in [1.807, 2.05) is 24.3 Å². The van der Waals surface area contributed by atoms with Crippen molar-refractivity contribution in [2.24, 2.45) is 5.92 Å². The number of fused-ring (bicyclic) bond motifs is 3. The second-order valence-electron chi connectivity index (χ2n) is 8.57. The molecule has 1 aliphatic heterocycles. The highest BCUT2D eigenvalue weighted by Gasteiger charge is 2.30. The molecule has 0 spiro atoms. The first-order valence-electron chi connectivity index (χ1n) is 11.1. The molecular weight excluding hydrogens is 408 g/mol. The van der Waals surface area contributed by atoms with Gasteiger partial charge in [-0.05, 0) is 42.0 Å². The number of hydrogen-bond donors (Lipinski definition) is 2. The lowest BCUT2D eigenvalue weighted by Gasteiger charge is -2.31. The first-order chi connectivity index (χ1) is 15.4. The third-order valence-electron chi connectivity index (χ3n) is 6.39. The first-order valence-corrected chi connectivity index (χ1v) is 11.1. The van der Waals surface area contributed by atoms with Gasteiger partial charge >= 0.3 is 12.1 Å². The van der Waals surface area contributed by atoms with Gasteiger partial charge in [0.05, 0.1) is 5.92 Å². The number of nitrogens with zero attached hydrogens (tertiary/aromatic N) is 1. The van der Waals surface area contributed by atoms with Gasteiger partial charge in [-0.2, -0.15) is 0 Å². The minimum Gasteiger partial charge on any atom is -0.481 e. The molecule has 32 heavy (non-hydrogen) atoms. The molecule has 0 aromatic heterocycles. The Labute approximate surface area is 187 Å². The number of carboxylic acids is 1. The summed E-state index contributed by atoms with van der Waals surface area (Å²) >= 11 is 0. The van der Waals surface area contributed by atoms with E-state index < -0.39 is 12.1 Å². The van der Waals surface area contributed by atoms with Gasteiger partial charge in [-0.15, -0.1) is 0 Å². The maximum Gasteiger partial charge on any atom is 0.407 e. The second-order valence-corrected chi connectivity index (χ2v) is 8.57. The van der Waals surface area contributed by atoms with E-state index in [0.29, 0.717) is 25.9 Å². The lowest BCUT2D eigenvalue weighted by Crippen LogP contribution is -2.43. The molecule has 168 valence electrons. The van der Waals surface area contributed by atoms with Crippen molar-refractivity contribution < 1.29 is 24.2 Å². The number of rotatable bonds is 6. The van der Waals surface area contributed by atoms with Crippen molar-refractivity contribution >= 4 is 18.0 Å². The van der Waals surface area contributed by atoms with E-state index in [0.717, 1.165) is 11.1 Å². The minimum absolute atomic E-state index is 0.0133. The topological polar surface area (TPSA) is 95.9 Å². The van der Waals surface area contributed by atoms with Crippen molar-refractivity contribution in [2.45, 2.75) is 38.1 Å². The molecule has 0 saturated carbocycles. The van der Waals surface area contributed by atoms with Crippen molar-refractivity contribution in [1.29, 1.82) is 0 Å². The van der Waals surface area contributed by atoms with Crippen molar-refractivity contribution in [3.05, 3.63) is 59.7 Å². The smallest absolute Gasteiger partial charge is 0.407 e. The number of alkyl carbamates (subject to hydrolysis) is 1. The van der Waals surface area contributed by atoms with Crippen molar-refractivity contribution in [1.82, 2.24) is 10.2 Å². The SMILES string of the molecule is C[C@H](CC(=O)N1CCC(C(=O)O)CC1)NC(=O)OCC1c2ccccc2-c2ccccc21. The Kier molecular flexibility index (Phi) is 6.44. The molecule has 2 aliphatic rings. The monoisotopic (exact) mass is 436 g/mol. The predicted molar refractivity (Wildman–Crippen MR) is 119 cm³/mol. The normalized spacial score (nSPS) is 16.7. The molecule has 0 unspecified atom stereocenters. The van der Waals surface area contributed by atoms with Crippen molar-refractivity contribution in [3.8, 4) is 11.1 Å². The summed E-state index contributed by atoms with van der Waals surface area (Å²) < 4.78 is 5.54. The van der Waals surface area contributed by atoms with E-state index in [1.165, 1.54) is 11.1 Å². The summed E-state index contributed by atoms with van der Waals surface area (Å²) in [6.45, 7) is 2.87. The van der Waals surface area contributed by atoms with Crippen LogP contribution in [0.25, 0.3) is 11.1 Å². The number of piperidine rings is 1. The lowest BCUT2D eigenvalue weighted by molar-refractivity contribution is -0.145. The first kappa shape index (κ1) is 21.9. The Hall–Kier alpha value is -3.35. The Morgan fingerprint density at radius 1 is 1.03 bits per heavy atom. The molecule has 1 heterocycles. The van der Waals surface area contributed by atoms with Crippen molar-refractivity contribution in [2.75, 3.05) is 19.7 Å². The van der Waals surface area contributed by atoms with Gasteiger partial charge in [0.2, 0.25) is 5.91 Å². The van der Waals surface area contributed by atoms with E-state index in [4.69, 9.17) is 9.84 Å². The van der Waals surface area contributed by atoms with Crippen LogP contribution in [0.4, 0.5) is 4.79 Å². The number of hydrogen-bond acceptors (Lipinski definition) is 4. The molecule has 7 nitrogen and oxygen atoms in total. The van der Waals surface area contributed by atoms with E-state index in [9.17, 15) is 14.4 Å². The summed E-state index contributed by atoms with van der Waals surface area (Å²) in [5, 5.41) is 11.8. The molecule has 1 atom stereocenters. The fraction of sp³-hybridized carbons (Fsp3) is 0.400. The fourth-order valence-corrected chi connectivity index (χ4v) is 4.66. The van der Waals surface area contributed by atoms with Crippen LogP contribution in [0.3, 0.4) is 0 Å². The van der Waals surface area contributed by atoms with Crippen LogP contribution in [-0.4, -0.2) is 53.7 Å². The minimum atomic E-state index is -0.803. The van der Waals surface area contributed by atoms with Gasteiger partial charge in [0.1, 0.15) is 6.61 Å². The fourth-order valence-electron chi connectivity index (χ4n) is 4.66. The number of benzene rings is 2. The van der Waals surface area contributed by atoms with Crippen LogP contribution in [0.5, 0.6) is 0 Å². The third kappa shape index (κ3) is 4.61. The summed E-state index contributed by atoms with van der Waals surface area (Å²) in [6.07, 6.45) is 0.545. The van der Waals surface area contributed by atoms with Gasteiger partial charge in [-0.3, -0.25) is 9.59 Å². The molecule has 2 amide bonds. The molecule has 1 saturated heterocycles. The van der Waals surface area contributed by atoms with Crippen LogP contribution < -0.4 is 5.32 Å². The second kappa shape index (κ2) is 9.42. The number of nitrogens with one attached hydrogen (secondary N) is 1. The maximum absolute atomic E-state index is 12.5. The van der Waals surface area contributed by atoms with Gasteiger partial charge in [0.25, 0.3) is 0 Å². The number of amides is 2. The van der Waals surface area contributed by atoms with Crippen molar-refractivity contribution in [3.63, 3.8) is 0 Å². The Morgan fingerprint density at radius 3 is 2.16 bits per heavy atom. The summed E-state index contributed by atoms with van der Waals surface area (Å²) in [7, 11) is 0. The highest BCUT2D eigenvalue weighted by atomic mass is 16.5. The summed E-state index contributed by atoms with van der Waals surface area (Å²) in [5.74, 6) is -1.28. The van der Waals surface area contributed by atoms with Gasteiger partial charge in [0.15, 0.2) is 0 Å². The van der Waals surface area contributed by atoms with Crippen LogP contribution >= 0.6 is 0 Å². The Bertz CT molecular complexity index is 967. The van der Waals surface area contributed by atoms with Crippen LogP contribution in [-0.2, 0) is 14.3 Å². The molecule has 1 fully saturated rings.